The van der Waals surface area contributed by atoms with Crippen molar-refractivity contribution in [2.75, 3.05) is 12.4 Å². The molecule has 0 saturated carbocycles. The van der Waals surface area contributed by atoms with Crippen LogP contribution in [0.1, 0.15) is 18.5 Å². The van der Waals surface area contributed by atoms with Crippen molar-refractivity contribution in [3.8, 4) is 5.75 Å². The Labute approximate surface area is 133 Å². The monoisotopic (exact) mass is 320 g/mol. The molecule has 0 aliphatic rings. The number of anilines is 1. The zero-order valence-electron chi connectivity index (χ0n) is 12.6. The molecule has 0 fully saturated rings. The number of ether oxygens (including phenoxy) is 1. The number of amides is 1. The van der Waals surface area contributed by atoms with Gasteiger partial charge in [-0.1, -0.05) is 11.6 Å². The van der Waals surface area contributed by atoms with Crippen LogP contribution < -0.4 is 15.6 Å². The Bertz CT molecular complexity index is 755. The predicted molar refractivity (Wildman–Crippen MR) is 86.8 cm³/mol. The standard InChI is InChI=1S/C16H17ClN2O3/c1-10-6-7-19(15(20)8-10)11(2)16(21)18-13-9-12(17)4-5-14(13)22-3/h4-9,11H,1-3H3,(H,18,21). The molecule has 1 N–H and O–H groups in total. The van der Waals surface area contributed by atoms with Crippen LogP contribution in [0.2, 0.25) is 5.02 Å². The van der Waals surface area contributed by atoms with Crippen LogP contribution in [0.25, 0.3) is 0 Å². The van der Waals surface area contributed by atoms with Gasteiger partial charge in [0.25, 0.3) is 5.56 Å². The van der Waals surface area contributed by atoms with Crippen LogP contribution in [-0.4, -0.2) is 17.6 Å². The van der Waals surface area contributed by atoms with E-state index in [9.17, 15) is 9.59 Å². The minimum atomic E-state index is -0.656. The average Bonchev–Trinajstić information content (AvgIpc) is 2.47. The molecule has 1 aromatic carbocycles. The van der Waals surface area contributed by atoms with Crippen molar-refractivity contribution in [1.29, 1.82) is 0 Å². The van der Waals surface area contributed by atoms with Gasteiger partial charge >= 0.3 is 0 Å². The summed E-state index contributed by atoms with van der Waals surface area (Å²) in [6.07, 6.45) is 1.61. The molecule has 22 heavy (non-hydrogen) atoms. The second-order valence-electron chi connectivity index (χ2n) is 4.96. The van der Waals surface area contributed by atoms with Crippen molar-refractivity contribution in [1.82, 2.24) is 4.57 Å². The number of carbonyl (C=O) groups is 1. The second kappa shape index (κ2) is 6.66. The first-order chi connectivity index (χ1) is 10.4. The molecule has 116 valence electrons. The first-order valence-corrected chi connectivity index (χ1v) is 7.13. The highest BCUT2D eigenvalue weighted by Crippen LogP contribution is 2.28. The number of aryl methyl sites for hydroxylation is 1. The Hall–Kier alpha value is -2.27. The quantitative estimate of drug-likeness (QED) is 0.942. The molecule has 6 heteroatoms. The molecule has 2 aromatic rings. The van der Waals surface area contributed by atoms with Crippen molar-refractivity contribution >= 4 is 23.2 Å². The lowest BCUT2D eigenvalue weighted by molar-refractivity contribution is -0.118. The Morgan fingerprint density at radius 3 is 2.68 bits per heavy atom. The van der Waals surface area contributed by atoms with E-state index in [1.54, 1.807) is 37.4 Å². The Morgan fingerprint density at radius 2 is 2.05 bits per heavy atom. The molecule has 0 bridgehead atoms. The van der Waals surface area contributed by atoms with E-state index in [0.29, 0.717) is 16.5 Å². The molecule has 0 spiro atoms. The SMILES string of the molecule is COc1ccc(Cl)cc1NC(=O)C(C)n1ccc(C)cc1=O. The van der Waals surface area contributed by atoms with Gasteiger partial charge in [0.2, 0.25) is 5.91 Å². The maximum absolute atomic E-state index is 12.4. The maximum Gasteiger partial charge on any atom is 0.251 e. The molecule has 1 heterocycles. The summed E-state index contributed by atoms with van der Waals surface area (Å²) in [5, 5.41) is 3.22. The average molecular weight is 321 g/mol. The number of rotatable bonds is 4. The van der Waals surface area contributed by atoms with E-state index in [2.05, 4.69) is 5.32 Å². The van der Waals surface area contributed by atoms with Crippen LogP contribution in [0.4, 0.5) is 5.69 Å². The number of aromatic nitrogens is 1. The number of halogens is 1. The van der Waals surface area contributed by atoms with Crippen molar-refractivity contribution < 1.29 is 9.53 Å². The summed E-state index contributed by atoms with van der Waals surface area (Å²) in [6.45, 7) is 3.48. The Balaban J connectivity index is 2.25. The Morgan fingerprint density at radius 1 is 1.32 bits per heavy atom. The molecule has 0 saturated heterocycles. The third-order valence-corrected chi connectivity index (χ3v) is 3.55. The minimum absolute atomic E-state index is 0.222. The van der Waals surface area contributed by atoms with E-state index >= 15 is 0 Å². The minimum Gasteiger partial charge on any atom is -0.495 e. The molecule has 2 rings (SSSR count). The molecule has 5 nitrogen and oxygen atoms in total. The molecule has 1 unspecified atom stereocenters. The maximum atomic E-state index is 12.4. The molecular formula is C16H17ClN2O3. The highest BCUT2D eigenvalue weighted by molar-refractivity contribution is 6.31. The van der Waals surface area contributed by atoms with Crippen LogP contribution in [0.3, 0.4) is 0 Å². The molecule has 1 atom stereocenters. The molecular weight excluding hydrogens is 304 g/mol. The van der Waals surface area contributed by atoms with E-state index in [-0.39, 0.29) is 11.5 Å². The van der Waals surface area contributed by atoms with Crippen LogP contribution in [0.15, 0.2) is 41.3 Å². The fourth-order valence-electron chi connectivity index (χ4n) is 2.05. The van der Waals surface area contributed by atoms with Crippen LogP contribution in [0, 0.1) is 6.92 Å². The summed E-state index contributed by atoms with van der Waals surface area (Å²) >= 11 is 5.93. The van der Waals surface area contributed by atoms with Gasteiger partial charge < -0.3 is 14.6 Å². The number of hydrogen-bond acceptors (Lipinski definition) is 3. The van der Waals surface area contributed by atoms with Crippen molar-refractivity contribution in [2.24, 2.45) is 0 Å². The van der Waals surface area contributed by atoms with Gasteiger partial charge in [-0.05, 0) is 43.7 Å². The molecule has 1 aromatic heterocycles. The van der Waals surface area contributed by atoms with E-state index < -0.39 is 6.04 Å². The normalized spacial score (nSPS) is 11.8. The first kappa shape index (κ1) is 16.1. The third kappa shape index (κ3) is 3.49. The first-order valence-electron chi connectivity index (χ1n) is 6.75. The number of nitrogens with zero attached hydrogens (tertiary/aromatic N) is 1. The number of pyridine rings is 1. The predicted octanol–water partition coefficient (Wildman–Crippen LogP) is 3.02. The lowest BCUT2D eigenvalue weighted by atomic mass is 10.2. The van der Waals surface area contributed by atoms with Crippen LogP contribution in [0.5, 0.6) is 5.75 Å². The highest BCUT2D eigenvalue weighted by Gasteiger charge is 2.17. The number of benzene rings is 1. The fourth-order valence-corrected chi connectivity index (χ4v) is 2.22. The summed E-state index contributed by atoms with van der Waals surface area (Å²) < 4.78 is 6.56. The van der Waals surface area contributed by atoms with Gasteiger partial charge in [0, 0.05) is 17.3 Å². The van der Waals surface area contributed by atoms with Crippen LogP contribution in [-0.2, 0) is 4.79 Å². The van der Waals surface area contributed by atoms with E-state index in [1.165, 1.54) is 17.7 Å². The lowest BCUT2D eigenvalue weighted by Crippen LogP contribution is -2.31. The van der Waals surface area contributed by atoms with E-state index in [1.807, 2.05) is 6.92 Å². The molecule has 0 aliphatic heterocycles. The second-order valence-corrected chi connectivity index (χ2v) is 5.40. The topological polar surface area (TPSA) is 60.3 Å². The van der Waals surface area contributed by atoms with Gasteiger partial charge in [0.15, 0.2) is 0 Å². The van der Waals surface area contributed by atoms with Gasteiger partial charge in [0.1, 0.15) is 11.8 Å². The van der Waals surface area contributed by atoms with Crippen molar-refractivity contribution in [3.05, 3.63) is 57.5 Å². The van der Waals surface area contributed by atoms with Gasteiger partial charge in [-0.3, -0.25) is 9.59 Å². The van der Waals surface area contributed by atoms with Crippen molar-refractivity contribution in [2.45, 2.75) is 19.9 Å². The number of hydrogen-bond donors (Lipinski definition) is 1. The third-order valence-electron chi connectivity index (χ3n) is 3.32. The molecule has 1 amide bonds. The van der Waals surface area contributed by atoms with Gasteiger partial charge in [-0.2, -0.15) is 0 Å². The summed E-state index contributed by atoms with van der Waals surface area (Å²) in [7, 11) is 1.51. The number of carbonyl (C=O) groups excluding carboxylic acids is 1. The zero-order valence-corrected chi connectivity index (χ0v) is 13.3. The van der Waals surface area contributed by atoms with Crippen LogP contribution >= 0.6 is 11.6 Å². The van der Waals surface area contributed by atoms with E-state index in [0.717, 1.165) is 5.56 Å². The summed E-state index contributed by atoms with van der Waals surface area (Å²) in [5.74, 6) is 0.174. The van der Waals surface area contributed by atoms with Gasteiger partial charge in [-0.25, -0.2) is 0 Å². The largest absolute Gasteiger partial charge is 0.495 e. The summed E-state index contributed by atoms with van der Waals surface area (Å²) in [5.41, 5.74) is 1.10. The van der Waals surface area contributed by atoms with Gasteiger partial charge in [-0.15, -0.1) is 0 Å². The number of nitrogens with one attached hydrogen (secondary N) is 1. The molecule has 0 radical (unpaired) electrons. The highest BCUT2D eigenvalue weighted by atomic mass is 35.5. The Kier molecular flexibility index (Phi) is 4.88. The number of methoxy groups -OCH3 is 1. The lowest BCUT2D eigenvalue weighted by Gasteiger charge is -2.16. The van der Waals surface area contributed by atoms with Crippen molar-refractivity contribution in [3.63, 3.8) is 0 Å². The molecule has 0 aliphatic carbocycles. The summed E-state index contributed by atoms with van der Waals surface area (Å²) in [4.78, 5) is 24.3. The fraction of sp³-hybridized carbons (Fsp3) is 0.250. The smallest absolute Gasteiger partial charge is 0.251 e. The van der Waals surface area contributed by atoms with E-state index in [4.69, 9.17) is 16.3 Å². The van der Waals surface area contributed by atoms with Gasteiger partial charge in [0.05, 0.1) is 12.8 Å². The zero-order chi connectivity index (χ0) is 16.3. The summed E-state index contributed by atoms with van der Waals surface area (Å²) in [6, 6.07) is 7.55.